The summed E-state index contributed by atoms with van der Waals surface area (Å²) in [4.78, 5) is 41.7. The van der Waals surface area contributed by atoms with Crippen molar-refractivity contribution in [1.29, 1.82) is 0 Å². The van der Waals surface area contributed by atoms with Crippen molar-refractivity contribution in [3.8, 4) is 0 Å². The highest BCUT2D eigenvalue weighted by atomic mass is 16.4. The SMILES string of the molecule is C[C@@H](N[C@@H](CCc1ccccc1)C(=O)N[C@H](Cc1c[nH]c2ccccc12)C(=O)Nc1ccccc1)C(=O)O. The first-order valence-corrected chi connectivity index (χ1v) is 12.6. The van der Waals surface area contributed by atoms with E-state index in [1.165, 1.54) is 6.92 Å². The number of carbonyl (C=O) groups excluding carboxylic acids is 2. The van der Waals surface area contributed by atoms with Crippen molar-refractivity contribution in [2.45, 2.75) is 44.3 Å². The van der Waals surface area contributed by atoms with Gasteiger partial charge < -0.3 is 20.7 Å². The summed E-state index contributed by atoms with van der Waals surface area (Å²) >= 11 is 0. The molecule has 1 aromatic heterocycles. The van der Waals surface area contributed by atoms with Crippen LogP contribution in [-0.4, -0.2) is 46.0 Å². The van der Waals surface area contributed by atoms with Gasteiger partial charge in [-0.2, -0.15) is 0 Å². The average molecular weight is 513 g/mol. The quantitative estimate of drug-likeness (QED) is 0.197. The van der Waals surface area contributed by atoms with E-state index in [4.69, 9.17) is 0 Å². The molecule has 4 aromatic rings. The largest absolute Gasteiger partial charge is 0.480 e. The van der Waals surface area contributed by atoms with Gasteiger partial charge in [0.1, 0.15) is 12.1 Å². The number of H-pyrrole nitrogens is 1. The second kappa shape index (κ2) is 12.7. The van der Waals surface area contributed by atoms with Gasteiger partial charge in [0.05, 0.1) is 6.04 Å². The fraction of sp³-hybridized carbons (Fsp3) is 0.233. The van der Waals surface area contributed by atoms with Gasteiger partial charge in [0.2, 0.25) is 11.8 Å². The van der Waals surface area contributed by atoms with Gasteiger partial charge in [-0.1, -0.05) is 66.7 Å². The molecule has 1 heterocycles. The Labute approximate surface area is 221 Å². The molecule has 3 aromatic carbocycles. The molecule has 4 rings (SSSR count). The Kier molecular flexibility index (Phi) is 8.89. The number of carbonyl (C=O) groups is 3. The second-order valence-electron chi connectivity index (χ2n) is 9.28. The van der Waals surface area contributed by atoms with Gasteiger partial charge in [-0.25, -0.2) is 0 Å². The van der Waals surface area contributed by atoms with Crippen LogP contribution in [0.25, 0.3) is 10.9 Å². The summed E-state index contributed by atoms with van der Waals surface area (Å²) in [6, 6.07) is 23.9. The molecular formula is C30H32N4O4. The van der Waals surface area contributed by atoms with Crippen LogP contribution in [0.3, 0.4) is 0 Å². The topological polar surface area (TPSA) is 123 Å². The number of hydrogen-bond acceptors (Lipinski definition) is 4. The third-order valence-corrected chi connectivity index (χ3v) is 6.48. The molecule has 0 radical (unpaired) electrons. The number of fused-ring (bicyclic) bond motifs is 1. The van der Waals surface area contributed by atoms with E-state index in [1.54, 1.807) is 12.1 Å². The number of rotatable bonds is 12. The summed E-state index contributed by atoms with van der Waals surface area (Å²) < 4.78 is 0. The van der Waals surface area contributed by atoms with Crippen molar-refractivity contribution in [2.75, 3.05) is 5.32 Å². The number of para-hydroxylation sites is 2. The molecule has 3 atom stereocenters. The Morgan fingerprint density at radius 1 is 0.842 bits per heavy atom. The molecule has 0 saturated heterocycles. The van der Waals surface area contributed by atoms with Crippen LogP contribution >= 0.6 is 0 Å². The minimum absolute atomic E-state index is 0.258. The number of benzene rings is 3. The van der Waals surface area contributed by atoms with E-state index in [2.05, 4.69) is 20.9 Å². The predicted molar refractivity (Wildman–Crippen MR) is 148 cm³/mol. The van der Waals surface area contributed by atoms with E-state index in [-0.39, 0.29) is 12.3 Å². The molecule has 2 amide bonds. The summed E-state index contributed by atoms with van der Waals surface area (Å²) in [5.41, 5.74) is 3.48. The lowest BCUT2D eigenvalue weighted by Gasteiger charge is -2.24. The van der Waals surface area contributed by atoms with E-state index >= 15 is 0 Å². The van der Waals surface area contributed by atoms with Crippen molar-refractivity contribution >= 4 is 34.4 Å². The van der Waals surface area contributed by atoms with Crippen LogP contribution in [0.4, 0.5) is 5.69 Å². The zero-order chi connectivity index (χ0) is 26.9. The van der Waals surface area contributed by atoms with Crippen molar-refractivity contribution in [1.82, 2.24) is 15.6 Å². The highest BCUT2D eigenvalue weighted by Gasteiger charge is 2.28. The van der Waals surface area contributed by atoms with Gasteiger partial charge in [-0.3, -0.25) is 19.7 Å². The lowest BCUT2D eigenvalue weighted by Crippen LogP contribution is -2.54. The van der Waals surface area contributed by atoms with Crippen LogP contribution in [0, 0.1) is 0 Å². The number of aliphatic carboxylic acids is 1. The molecule has 8 nitrogen and oxygen atoms in total. The first-order valence-electron chi connectivity index (χ1n) is 12.6. The molecule has 38 heavy (non-hydrogen) atoms. The Bertz CT molecular complexity index is 1370. The van der Waals surface area contributed by atoms with Crippen LogP contribution < -0.4 is 16.0 Å². The molecule has 0 aliphatic heterocycles. The van der Waals surface area contributed by atoms with Gasteiger partial charge in [0, 0.05) is 29.2 Å². The Morgan fingerprint density at radius 2 is 1.50 bits per heavy atom. The Balaban J connectivity index is 1.55. The van der Waals surface area contributed by atoms with E-state index < -0.39 is 30.0 Å². The molecule has 8 heteroatoms. The number of amides is 2. The number of carboxylic acids is 1. The highest BCUT2D eigenvalue weighted by Crippen LogP contribution is 2.20. The minimum Gasteiger partial charge on any atom is -0.480 e. The maximum absolute atomic E-state index is 13.5. The molecule has 0 unspecified atom stereocenters. The van der Waals surface area contributed by atoms with Gasteiger partial charge in [0.15, 0.2) is 0 Å². The van der Waals surface area contributed by atoms with E-state index in [1.807, 2.05) is 79.0 Å². The first kappa shape index (κ1) is 26.6. The average Bonchev–Trinajstić information content (AvgIpc) is 3.34. The fourth-order valence-corrected chi connectivity index (χ4v) is 4.37. The minimum atomic E-state index is -1.06. The number of hydrogen-bond donors (Lipinski definition) is 5. The number of carboxylic acid groups (broad SMARTS) is 1. The molecule has 0 fully saturated rings. The number of nitrogens with one attached hydrogen (secondary N) is 4. The lowest BCUT2D eigenvalue weighted by atomic mass is 10.0. The Hall–Kier alpha value is -4.43. The molecule has 196 valence electrons. The molecule has 0 bridgehead atoms. The van der Waals surface area contributed by atoms with Crippen LogP contribution in [0.5, 0.6) is 0 Å². The highest BCUT2D eigenvalue weighted by molar-refractivity contribution is 5.98. The maximum Gasteiger partial charge on any atom is 0.320 e. The zero-order valence-corrected chi connectivity index (χ0v) is 21.2. The van der Waals surface area contributed by atoms with Gasteiger partial charge in [-0.05, 0) is 49.1 Å². The van der Waals surface area contributed by atoms with Gasteiger partial charge in [0.25, 0.3) is 0 Å². The summed E-state index contributed by atoms with van der Waals surface area (Å²) in [5, 5.41) is 19.1. The summed E-state index contributed by atoms with van der Waals surface area (Å²) in [7, 11) is 0. The van der Waals surface area contributed by atoms with Crippen molar-refractivity contribution in [3.05, 3.63) is 102 Å². The third-order valence-electron chi connectivity index (χ3n) is 6.48. The van der Waals surface area contributed by atoms with Crippen molar-refractivity contribution in [3.63, 3.8) is 0 Å². The van der Waals surface area contributed by atoms with E-state index in [0.717, 1.165) is 22.0 Å². The molecule has 0 aliphatic rings. The Morgan fingerprint density at radius 3 is 2.21 bits per heavy atom. The normalized spacial score (nSPS) is 13.4. The van der Waals surface area contributed by atoms with Gasteiger partial charge >= 0.3 is 5.97 Å². The lowest BCUT2D eigenvalue weighted by molar-refractivity contribution is -0.139. The van der Waals surface area contributed by atoms with E-state index in [9.17, 15) is 19.5 Å². The molecular weight excluding hydrogens is 480 g/mol. The molecule has 0 spiro atoms. The van der Waals surface area contributed by atoms with Crippen molar-refractivity contribution < 1.29 is 19.5 Å². The number of aromatic amines is 1. The van der Waals surface area contributed by atoms with Crippen LogP contribution in [0.2, 0.25) is 0 Å². The molecule has 0 saturated carbocycles. The van der Waals surface area contributed by atoms with Crippen molar-refractivity contribution in [2.24, 2.45) is 0 Å². The van der Waals surface area contributed by atoms with Gasteiger partial charge in [-0.15, -0.1) is 0 Å². The summed E-state index contributed by atoms with van der Waals surface area (Å²) in [6.45, 7) is 1.50. The third kappa shape index (κ3) is 7.08. The second-order valence-corrected chi connectivity index (χ2v) is 9.28. The number of aryl methyl sites for hydroxylation is 1. The summed E-state index contributed by atoms with van der Waals surface area (Å²) in [5.74, 6) is -1.84. The van der Waals surface area contributed by atoms with Crippen LogP contribution in [-0.2, 0) is 27.2 Å². The maximum atomic E-state index is 13.5. The molecule has 0 aliphatic carbocycles. The summed E-state index contributed by atoms with van der Waals surface area (Å²) in [6.07, 6.45) is 3.04. The standard InChI is InChI=1S/C30H32N4O4/c1-20(30(37)38)32-26(17-16-21-10-4-2-5-11-21)28(35)34-27(29(36)33-23-12-6-3-7-13-23)18-22-19-31-25-15-9-8-14-24(22)25/h2-15,19-20,26-27,31-32H,16-18H2,1H3,(H,33,36)(H,34,35)(H,37,38)/t20-,26+,27-/m1/s1. The van der Waals surface area contributed by atoms with Crippen LogP contribution in [0.1, 0.15) is 24.5 Å². The monoisotopic (exact) mass is 512 g/mol. The fourth-order valence-electron chi connectivity index (χ4n) is 4.37. The number of aromatic nitrogens is 1. The van der Waals surface area contributed by atoms with E-state index in [0.29, 0.717) is 18.5 Å². The zero-order valence-electron chi connectivity index (χ0n) is 21.2. The number of anilines is 1. The molecule has 5 N–H and O–H groups in total. The predicted octanol–water partition coefficient (Wildman–Crippen LogP) is 3.90. The first-order chi connectivity index (χ1) is 18.4. The smallest absolute Gasteiger partial charge is 0.320 e. The van der Waals surface area contributed by atoms with Crippen LogP contribution in [0.15, 0.2) is 91.1 Å².